The van der Waals surface area contributed by atoms with Crippen molar-refractivity contribution in [2.24, 2.45) is 11.8 Å². The molecule has 0 aromatic heterocycles. The van der Waals surface area contributed by atoms with E-state index in [0.717, 1.165) is 6.42 Å². The van der Waals surface area contributed by atoms with E-state index >= 15 is 0 Å². The van der Waals surface area contributed by atoms with Crippen molar-refractivity contribution in [3.05, 3.63) is 0 Å². The lowest BCUT2D eigenvalue weighted by Crippen LogP contribution is -2.47. The molecule has 1 N–H and O–H groups in total. The maximum Gasteiger partial charge on any atom is 0.338 e. The van der Waals surface area contributed by atoms with Crippen molar-refractivity contribution in [1.82, 2.24) is 0 Å². The minimum absolute atomic E-state index is 0.0773. The molecule has 0 spiro atoms. The van der Waals surface area contributed by atoms with Gasteiger partial charge < -0.3 is 9.84 Å². The molecule has 0 amide bonds. The average molecular weight is 216 g/mol. The molecule has 0 saturated carbocycles. The third-order valence-corrected chi connectivity index (χ3v) is 3.42. The van der Waals surface area contributed by atoms with E-state index in [1.54, 1.807) is 6.92 Å². The minimum atomic E-state index is -1.33. The Kier molecular flexibility index (Phi) is 5.88. The van der Waals surface area contributed by atoms with Crippen molar-refractivity contribution in [2.75, 3.05) is 6.61 Å². The minimum Gasteiger partial charge on any atom is -0.464 e. The Morgan fingerprint density at radius 3 is 2.20 bits per heavy atom. The molecule has 3 atom stereocenters. The number of hydrogen-bond acceptors (Lipinski definition) is 3. The van der Waals surface area contributed by atoms with Gasteiger partial charge in [0.1, 0.15) is 0 Å². The van der Waals surface area contributed by atoms with E-state index in [9.17, 15) is 9.90 Å². The number of rotatable bonds is 6. The van der Waals surface area contributed by atoms with Crippen LogP contribution in [-0.2, 0) is 9.53 Å². The number of carbonyl (C=O) groups excluding carboxylic acids is 1. The Morgan fingerprint density at radius 2 is 1.87 bits per heavy atom. The molecule has 3 nitrogen and oxygen atoms in total. The van der Waals surface area contributed by atoms with E-state index < -0.39 is 11.6 Å². The van der Waals surface area contributed by atoms with Crippen molar-refractivity contribution in [3.63, 3.8) is 0 Å². The summed E-state index contributed by atoms with van der Waals surface area (Å²) in [6.07, 6.45) is 1.35. The van der Waals surface area contributed by atoms with Crippen molar-refractivity contribution in [3.8, 4) is 0 Å². The first-order valence-corrected chi connectivity index (χ1v) is 5.83. The molecule has 3 unspecified atom stereocenters. The van der Waals surface area contributed by atoms with Crippen LogP contribution in [0.1, 0.15) is 47.5 Å². The molecule has 0 aliphatic heterocycles. The van der Waals surface area contributed by atoms with Gasteiger partial charge in [-0.15, -0.1) is 0 Å². The zero-order valence-electron chi connectivity index (χ0n) is 10.5. The Hall–Kier alpha value is -0.570. The van der Waals surface area contributed by atoms with Crippen LogP contribution in [0, 0.1) is 11.8 Å². The van der Waals surface area contributed by atoms with Gasteiger partial charge >= 0.3 is 5.97 Å². The highest BCUT2D eigenvalue weighted by atomic mass is 16.5. The quantitative estimate of drug-likeness (QED) is 0.693. The molecule has 0 aromatic rings. The molecule has 0 bridgehead atoms. The summed E-state index contributed by atoms with van der Waals surface area (Å²) in [6, 6.07) is 0. The molecule has 90 valence electrons. The van der Waals surface area contributed by atoms with E-state index in [-0.39, 0.29) is 5.92 Å². The van der Waals surface area contributed by atoms with Gasteiger partial charge in [0.05, 0.1) is 6.61 Å². The average Bonchev–Trinajstić information content (AvgIpc) is 2.26. The van der Waals surface area contributed by atoms with Crippen LogP contribution < -0.4 is 0 Å². The van der Waals surface area contributed by atoms with Gasteiger partial charge in [0.25, 0.3) is 0 Å². The van der Waals surface area contributed by atoms with Gasteiger partial charge in [0.2, 0.25) is 0 Å². The third kappa shape index (κ3) is 3.20. The number of aliphatic hydroxyl groups is 1. The van der Waals surface area contributed by atoms with Crippen molar-refractivity contribution >= 4 is 5.97 Å². The van der Waals surface area contributed by atoms with E-state index in [1.165, 1.54) is 0 Å². The Bertz CT molecular complexity index is 203. The highest BCUT2D eigenvalue weighted by Crippen LogP contribution is 2.30. The summed E-state index contributed by atoms with van der Waals surface area (Å²) in [7, 11) is 0. The Balaban J connectivity index is 4.74. The summed E-state index contributed by atoms with van der Waals surface area (Å²) < 4.78 is 4.92. The molecular formula is C12H24O3. The predicted molar refractivity (Wildman–Crippen MR) is 60.5 cm³/mol. The zero-order chi connectivity index (χ0) is 12.1. The molecule has 0 rings (SSSR count). The van der Waals surface area contributed by atoms with Crippen LogP contribution in [0.5, 0.6) is 0 Å². The van der Waals surface area contributed by atoms with Crippen molar-refractivity contribution in [1.29, 1.82) is 0 Å². The maximum atomic E-state index is 11.7. The fraction of sp³-hybridized carbons (Fsp3) is 0.917. The lowest BCUT2D eigenvalue weighted by atomic mass is 9.77. The summed E-state index contributed by atoms with van der Waals surface area (Å²) in [5, 5.41) is 10.3. The van der Waals surface area contributed by atoms with Gasteiger partial charge in [0.15, 0.2) is 5.60 Å². The predicted octanol–water partition coefficient (Wildman–Crippen LogP) is 2.37. The largest absolute Gasteiger partial charge is 0.464 e. The van der Waals surface area contributed by atoms with Crippen LogP contribution in [0.3, 0.4) is 0 Å². The van der Waals surface area contributed by atoms with Gasteiger partial charge in [-0.3, -0.25) is 0 Å². The van der Waals surface area contributed by atoms with Crippen molar-refractivity contribution < 1.29 is 14.6 Å². The van der Waals surface area contributed by atoms with Crippen molar-refractivity contribution in [2.45, 2.75) is 53.1 Å². The Labute approximate surface area is 92.8 Å². The first-order chi connectivity index (χ1) is 6.93. The SMILES string of the molecule is CCOC(=O)C(O)(CC)C(C)C(C)CC. The van der Waals surface area contributed by atoms with Gasteiger partial charge in [-0.05, 0) is 25.2 Å². The van der Waals surface area contributed by atoms with Crippen LogP contribution >= 0.6 is 0 Å². The first-order valence-electron chi connectivity index (χ1n) is 5.83. The highest BCUT2D eigenvalue weighted by molar-refractivity contribution is 5.79. The molecule has 0 radical (unpaired) electrons. The van der Waals surface area contributed by atoms with Crippen LogP contribution in [0.4, 0.5) is 0 Å². The Morgan fingerprint density at radius 1 is 1.33 bits per heavy atom. The first kappa shape index (κ1) is 14.4. The van der Waals surface area contributed by atoms with Gasteiger partial charge in [-0.2, -0.15) is 0 Å². The lowest BCUT2D eigenvalue weighted by Gasteiger charge is -2.34. The van der Waals surface area contributed by atoms with E-state index in [2.05, 4.69) is 6.92 Å². The number of esters is 1. The summed E-state index contributed by atoms with van der Waals surface area (Å²) in [4.78, 5) is 11.7. The monoisotopic (exact) mass is 216 g/mol. The van der Waals surface area contributed by atoms with Crippen LogP contribution in [0.2, 0.25) is 0 Å². The molecule has 0 aliphatic carbocycles. The fourth-order valence-electron chi connectivity index (χ4n) is 1.73. The summed E-state index contributed by atoms with van der Waals surface area (Å²) in [5.41, 5.74) is -1.33. The highest BCUT2D eigenvalue weighted by Gasteiger charge is 2.43. The molecule has 0 fully saturated rings. The summed E-state index contributed by atoms with van der Waals surface area (Å²) in [6.45, 7) is 9.90. The molecule has 0 aliphatic rings. The van der Waals surface area contributed by atoms with Gasteiger partial charge in [0, 0.05) is 0 Å². The van der Waals surface area contributed by atoms with E-state index in [0.29, 0.717) is 18.9 Å². The second-order valence-electron chi connectivity index (χ2n) is 4.17. The van der Waals surface area contributed by atoms with Crippen LogP contribution in [0.15, 0.2) is 0 Å². The number of hydrogen-bond donors (Lipinski definition) is 1. The van der Waals surface area contributed by atoms with E-state index in [1.807, 2.05) is 20.8 Å². The number of carbonyl (C=O) groups is 1. The van der Waals surface area contributed by atoms with Crippen LogP contribution in [0.25, 0.3) is 0 Å². The molecule has 0 saturated heterocycles. The van der Waals surface area contributed by atoms with Gasteiger partial charge in [-0.25, -0.2) is 4.79 Å². The number of ether oxygens (including phenoxy) is 1. The summed E-state index contributed by atoms with van der Waals surface area (Å²) >= 11 is 0. The smallest absolute Gasteiger partial charge is 0.338 e. The normalized spacial score (nSPS) is 19.1. The fourth-order valence-corrected chi connectivity index (χ4v) is 1.73. The van der Waals surface area contributed by atoms with Gasteiger partial charge in [-0.1, -0.05) is 34.1 Å². The molecule has 15 heavy (non-hydrogen) atoms. The zero-order valence-corrected chi connectivity index (χ0v) is 10.5. The second-order valence-corrected chi connectivity index (χ2v) is 4.17. The molecular weight excluding hydrogens is 192 g/mol. The topological polar surface area (TPSA) is 46.5 Å². The molecule has 3 heteroatoms. The summed E-state index contributed by atoms with van der Waals surface area (Å²) in [5.74, 6) is -0.258. The van der Waals surface area contributed by atoms with E-state index in [4.69, 9.17) is 4.74 Å². The second kappa shape index (κ2) is 6.11. The van der Waals surface area contributed by atoms with Crippen LogP contribution in [-0.4, -0.2) is 23.3 Å². The standard InChI is InChI=1S/C12H24O3/c1-6-9(4)10(5)12(14,7-2)11(13)15-8-3/h9-10,14H,6-8H2,1-5H3. The molecule has 0 heterocycles. The lowest BCUT2D eigenvalue weighted by molar-refractivity contribution is -0.173. The maximum absolute atomic E-state index is 11.7. The molecule has 0 aromatic carbocycles. The third-order valence-electron chi connectivity index (χ3n) is 3.42.